The van der Waals surface area contributed by atoms with E-state index in [1.54, 1.807) is 12.4 Å². The predicted molar refractivity (Wildman–Crippen MR) is 111 cm³/mol. The van der Waals surface area contributed by atoms with Crippen molar-refractivity contribution < 1.29 is 21.1 Å². The van der Waals surface area contributed by atoms with E-state index in [9.17, 15) is 0 Å². The number of hydrogen-bond donors (Lipinski definition) is 0. The van der Waals surface area contributed by atoms with E-state index in [-0.39, 0.29) is 27.9 Å². The first kappa shape index (κ1) is 19.2. The number of allylic oxidation sites excluding steroid dienone is 2. The van der Waals surface area contributed by atoms with Crippen molar-refractivity contribution in [1.82, 2.24) is 19.6 Å². The third-order valence-electron chi connectivity index (χ3n) is 4.62. The molecule has 7 heteroatoms. The summed E-state index contributed by atoms with van der Waals surface area (Å²) in [7, 11) is 0. The van der Waals surface area contributed by atoms with Crippen LogP contribution in [0.4, 0.5) is 5.69 Å². The molecule has 0 spiro atoms. The Kier molecular flexibility index (Phi) is 5.63. The number of benzene rings is 2. The minimum absolute atomic E-state index is 0. The first-order chi connectivity index (χ1) is 13.9. The molecule has 29 heavy (non-hydrogen) atoms. The summed E-state index contributed by atoms with van der Waals surface area (Å²) in [4.78, 5) is 2.19. The molecular weight excluding hydrogens is 540 g/mol. The Morgan fingerprint density at radius 3 is 2.07 bits per heavy atom. The smallest absolute Gasteiger partial charge is 0.406 e. The summed E-state index contributed by atoms with van der Waals surface area (Å²) < 4.78 is 3.63. The van der Waals surface area contributed by atoms with Gasteiger partial charge >= 0.3 is 21.1 Å². The van der Waals surface area contributed by atoms with E-state index >= 15 is 0 Å². The zero-order chi connectivity index (χ0) is 18.8. The van der Waals surface area contributed by atoms with Crippen molar-refractivity contribution in [1.29, 1.82) is 0 Å². The van der Waals surface area contributed by atoms with Gasteiger partial charge in [-0.05, 0) is 35.8 Å². The normalized spacial score (nSPS) is 12.8. The van der Waals surface area contributed by atoms with Crippen molar-refractivity contribution >= 4 is 18.0 Å². The van der Waals surface area contributed by atoms with Crippen molar-refractivity contribution in [2.24, 2.45) is 0 Å². The van der Waals surface area contributed by atoms with Gasteiger partial charge in [-0.15, -0.1) is 24.3 Å². The molecule has 4 aromatic rings. The third-order valence-corrected chi connectivity index (χ3v) is 4.62. The number of hydrogen-bond acceptors (Lipinski definition) is 3. The van der Waals surface area contributed by atoms with Crippen LogP contribution in [0, 0.1) is 12.1 Å². The molecule has 0 amide bonds. The van der Waals surface area contributed by atoms with Gasteiger partial charge in [0, 0.05) is 24.8 Å². The fourth-order valence-electron chi connectivity index (χ4n) is 3.31. The summed E-state index contributed by atoms with van der Waals surface area (Å²) in [6.07, 6.45) is 13.5. The predicted octanol–water partition coefficient (Wildman–Crippen LogP) is 2.98. The average molecular weight is 556 g/mol. The van der Waals surface area contributed by atoms with E-state index in [1.807, 2.05) is 64.2 Å². The maximum Gasteiger partial charge on any atom is 2.00 e. The van der Waals surface area contributed by atoms with Gasteiger partial charge in [0.05, 0.1) is 0 Å². The van der Waals surface area contributed by atoms with E-state index in [1.165, 1.54) is 0 Å². The molecule has 0 bridgehead atoms. The van der Waals surface area contributed by atoms with Crippen LogP contribution in [0.15, 0.2) is 97.6 Å². The minimum Gasteiger partial charge on any atom is -0.406 e. The van der Waals surface area contributed by atoms with Gasteiger partial charge in [0.2, 0.25) is 0 Å². The van der Waals surface area contributed by atoms with Crippen molar-refractivity contribution in [2.45, 2.75) is 0 Å². The van der Waals surface area contributed by atoms with Crippen molar-refractivity contribution in [2.75, 3.05) is 4.81 Å². The Balaban J connectivity index is 0.00000205. The van der Waals surface area contributed by atoms with E-state index in [4.69, 9.17) is 0 Å². The molecule has 0 saturated heterocycles. The first-order valence-electron chi connectivity index (χ1n) is 9.06. The molecule has 1 aliphatic heterocycles. The molecule has 0 N–H and O–H groups in total. The second-order valence-corrected chi connectivity index (χ2v) is 6.39. The second kappa shape index (κ2) is 8.50. The van der Waals surface area contributed by atoms with E-state index in [2.05, 4.69) is 57.5 Å². The Morgan fingerprint density at radius 2 is 1.38 bits per heavy atom. The van der Waals surface area contributed by atoms with Gasteiger partial charge in [-0.3, -0.25) is 9.36 Å². The summed E-state index contributed by atoms with van der Waals surface area (Å²) in [5, 5.41) is 8.62. The van der Waals surface area contributed by atoms with E-state index in [0.717, 1.165) is 22.5 Å². The molecule has 3 heterocycles. The van der Waals surface area contributed by atoms with Gasteiger partial charge in [-0.25, -0.2) is 0 Å². The summed E-state index contributed by atoms with van der Waals surface area (Å²) in [6, 6.07) is 23.0. The maximum atomic E-state index is 4.31. The summed E-state index contributed by atoms with van der Waals surface area (Å²) in [5.41, 5.74) is 3.85. The molecule has 2 aromatic carbocycles. The Bertz CT molecular complexity index is 1040. The van der Waals surface area contributed by atoms with Crippen LogP contribution in [0.2, 0.25) is 0 Å². The van der Waals surface area contributed by atoms with E-state index in [0.29, 0.717) is 0 Å². The van der Waals surface area contributed by atoms with Crippen LogP contribution in [0.5, 0.6) is 0 Å². The van der Waals surface area contributed by atoms with Crippen LogP contribution in [0.1, 0.15) is 0 Å². The zero-order valence-corrected chi connectivity index (χ0v) is 17.6. The number of aromatic nitrogens is 4. The van der Waals surface area contributed by atoms with Gasteiger partial charge < -0.3 is 4.81 Å². The fraction of sp³-hybridized carbons (Fsp3) is 0. The largest absolute Gasteiger partial charge is 2.00 e. The summed E-state index contributed by atoms with van der Waals surface area (Å²) >= 11 is 0. The van der Waals surface area contributed by atoms with Crippen LogP contribution < -0.4 is 10.3 Å². The van der Waals surface area contributed by atoms with Crippen LogP contribution in [0.3, 0.4) is 0 Å². The van der Waals surface area contributed by atoms with E-state index < -0.39 is 0 Å². The Hall–Kier alpha value is -3.11. The molecule has 0 fully saturated rings. The molecule has 142 valence electrons. The quantitative estimate of drug-likeness (QED) is 0.287. The summed E-state index contributed by atoms with van der Waals surface area (Å²) in [6.45, 7) is 0.0182. The molecule has 0 saturated carbocycles. The molecule has 5 rings (SSSR count). The molecule has 0 atom stereocenters. The molecule has 0 unspecified atom stereocenters. The second-order valence-electron chi connectivity index (χ2n) is 6.39. The zero-order valence-electron chi connectivity index (χ0n) is 15.4. The average Bonchev–Trinajstić information content (AvgIpc) is 3.48. The fourth-order valence-corrected chi connectivity index (χ4v) is 3.31. The van der Waals surface area contributed by atoms with Crippen molar-refractivity contribution in [3.63, 3.8) is 0 Å². The Morgan fingerprint density at radius 1 is 0.724 bits per heavy atom. The molecule has 0 radical (unpaired) electrons. The monoisotopic (exact) mass is 556 g/mol. The minimum atomic E-state index is 0. The molecule has 1 aliphatic rings. The topological polar surface area (TPSA) is 38.9 Å². The van der Waals surface area contributed by atoms with Crippen molar-refractivity contribution in [3.8, 4) is 11.4 Å². The van der Waals surface area contributed by atoms with Crippen LogP contribution in [-0.2, 0) is 21.1 Å². The third kappa shape index (κ3) is 3.89. The van der Waals surface area contributed by atoms with Gasteiger partial charge in [-0.1, -0.05) is 17.7 Å². The molecule has 0 aliphatic carbocycles. The first-order valence-corrected chi connectivity index (χ1v) is 9.06. The standard InChI is InChI=1S/C22H16BN5.Pt/c1-2-14-26(20-8-4-10-22(18-20)28-16-6-13-25-28)23(11-1)19-7-3-9-21(17-19)27-15-5-12-24-27;/h1-16H;/q-2;+2. The van der Waals surface area contributed by atoms with Gasteiger partial charge in [-0.2, -0.15) is 39.9 Å². The van der Waals surface area contributed by atoms with Crippen LogP contribution >= 0.6 is 0 Å². The van der Waals surface area contributed by atoms with Gasteiger partial charge in [0.1, 0.15) is 0 Å². The number of rotatable bonds is 4. The van der Waals surface area contributed by atoms with Gasteiger partial charge in [0.25, 0.3) is 6.85 Å². The SMILES string of the molecule is [Pt+2].[c-]1c(B2C=CC=CN2c2[c-]c(-n3cccn3)ccc2)cccc1-n1cccn1. The Labute approximate surface area is 184 Å². The van der Waals surface area contributed by atoms with Crippen LogP contribution in [0.25, 0.3) is 11.4 Å². The van der Waals surface area contributed by atoms with Crippen LogP contribution in [-0.4, -0.2) is 26.4 Å². The molecule has 2 aromatic heterocycles. The van der Waals surface area contributed by atoms with Gasteiger partial charge in [0.15, 0.2) is 0 Å². The van der Waals surface area contributed by atoms with Crippen molar-refractivity contribution in [3.05, 3.63) is 110 Å². The molecular formula is C22H16BN5Pt. The molecule has 5 nitrogen and oxygen atoms in total. The maximum absolute atomic E-state index is 4.31. The number of anilines is 1. The summed E-state index contributed by atoms with van der Waals surface area (Å²) in [5.74, 6) is 2.16. The number of nitrogens with zero attached hydrogens (tertiary/aromatic N) is 5.